The Balaban J connectivity index is 1.77. The molecule has 2 unspecified atom stereocenters. The third-order valence-electron chi connectivity index (χ3n) is 4.12. The molecule has 0 aliphatic carbocycles. The number of rotatable bonds is 3. The molecule has 2 atom stereocenters. The number of hydrogen-bond acceptors (Lipinski definition) is 4. The second-order valence-electron chi connectivity index (χ2n) is 5.18. The Morgan fingerprint density at radius 2 is 2.21 bits per heavy atom. The molecule has 4 heteroatoms. The molecule has 1 N–H and O–H groups in total. The van der Waals surface area contributed by atoms with E-state index >= 15 is 0 Å². The van der Waals surface area contributed by atoms with Gasteiger partial charge in [0.05, 0.1) is 11.2 Å². The first-order valence-corrected chi connectivity index (χ1v) is 7.53. The van der Waals surface area contributed by atoms with Crippen LogP contribution in [0, 0.1) is 0 Å². The van der Waals surface area contributed by atoms with Gasteiger partial charge in [0.25, 0.3) is 0 Å². The Morgan fingerprint density at radius 3 is 2.89 bits per heavy atom. The number of benzene rings is 1. The molecular formula is C15H18N2OS. The summed E-state index contributed by atoms with van der Waals surface area (Å²) < 4.78 is 0. The largest absolute Gasteiger partial charge is 0.382 e. The van der Waals surface area contributed by atoms with Gasteiger partial charge >= 0.3 is 0 Å². The third kappa shape index (κ3) is 2.31. The van der Waals surface area contributed by atoms with Crippen molar-refractivity contribution in [2.75, 3.05) is 6.54 Å². The lowest BCUT2D eigenvalue weighted by molar-refractivity contribution is 0.00143. The second kappa shape index (κ2) is 5.04. The van der Waals surface area contributed by atoms with Crippen molar-refractivity contribution < 1.29 is 5.11 Å². The van der Waals surface area contributed by atoms with Crippen LogP contribution in [0.25, 0.3) is 0 Å². The van der Waals surface area contributed by atoms with Crippen LogP contribution >= 0.6 is 11.3 Å². The number of aliphatic hydroxyl groups is 1. The van der Waals surface area contributed by atoms with Crippen molar-refractivity contribution in [3.05, 3.63) is 52.5 Å². The Morgan fingerprint density at radius 1 is 1.42 bits per heavy atom. The van der Waals surface area contributed by atoms with E-state index in [9.17, 15) is 5.11 Å². The van der Waals surface area contributed by atoms with Crippen LogP contribution < -0.4 is 0 Å². The van der Waals surface area contributed by atoms with E-state index in [1.807, 2.05) is 11.4 Å². The van der Waals surface area contributed by atoms with E-state index in [4.69, 9.17) is 0 Å². The lowest BCUT2D eigenvalue weighted by Crippen LogP contribution is -2.40. The summed E-state index contributed by atoms with van der Waals surface area (Å²) in [6.07, 6.45) is 0.755. The van der Waals surface area contributed by atoms with E-state index in [1.54, 1.807) is 16.8 Å². The van der Waals surface area contributed by atoms with Gasteiger partial charge < -0.3 is 5.11 Å². The minimum atomic E-state index is -0.797. The fraction of sp³-hybridized carbons (Fsp3) is 0.400. The number of thiazole rings is 1. The molecule has 2 aromatic rings. The maximum Gasteiger partial charge on any atom is 0.124 e. The minimum absolute atomic E-state index is 0.0924. The predicted molar refractivity (Wildman–Crippen MR) is 76.9 cm³/mol. The van der Waals surface area contributed by atoms with E-state index in [0.717, 1.165) is 25.2 Å². The van der Waals surface area contributed by atoms with Crippen molar-refractivity contribution in [3.8, 4) is 0 Å². The summed E-state index contributed by atoms with van der Waals surface area (Å²) in [4.78, 5) is 6.63. The Bertz CT molecular complexity index is 528. The van der Waals surface area contributed by atoms with Crippen molar-refractivity contribution in [2.24, 2.45) is 0 Å². The fourth-order valence-corrected chi connectivity index (χ4v) is 3.45. The van der Waals surface area contributed by atoms with Gasteiger partial charge in [-0.3, -0.25) is 4.90 Å². The average molecular weight is 274 g/mol. The molecule has 2 heterocycles. The molecule has 1 aliphatic heterocycles. The summed E-state index contributed by atoms with van der Waals surface area (Å²) in [5.41, 5.74) is 3.10. The molecule has 0 bridgehead atoms. The first-order chi connectivity index (χ1) is 9.20. The molecule has 1 aromatic heterocycles. The van der Waals surface area contributed by atoms with Crippen LogP contribution in [0.1, 0.15) is 24.6 Å². The van der Waals surface area contributed by atoms with E-state index in [0.29, 0.717) is 0 Å². The van der Waals surface area contributed by atoms with Crippen molar-refractivity contribution in [1.29, 1.82) is 0 Å². The molecule has 0 spiro atoms. The van der Waals surface area contributed by atoms with Gasteiger partial charge in [-0.05, 0) is 18.9 Å². The van der Waals surface area contributed by atoms with Crippen LogP contribution in [-0.2, 0) is 12.1 Å². The van der Waals surface area contributed by atoms with Gasteiger partial charge in [-0.2, -0.15) is 0 Å². The summed E-state index contributed by atoms with van der Waals surface area (Å²) in [5, 5.41) is 12.8. The number of aromatic nitrogens is 1. The highest BCUT2D eigenvalue weighted by Gasteiger charge is 2.45. The molecule has 1 fully saturated rings. The molecule has 0 amide bonds. The summed E-state index contributed by atoms with van der Waals surface area (Å²) in [7, 11) is 0. The molecule has 0 saturated carbocycles. The highest BCUT2D eigenvalue weighted by atomic mass is 32.1. The third-order valence-corrected chi connectivity index (χ3v) is 4.71. The van der Waals surface area contributed by atoms with Crippen LogP contribution in [-0.4, -0.2) is 27.6 Å². The zero-order valence-electron chi connectivity index (χ0n) is 11.0. The molecule has 1 saturated heterocycles. The predicted octanol–water partition coefficient (Wildman–Crippen LogP) is 2.63. The van der Waals surface area contributed by atoms with Crippen LogP contribution in [0.4, 0.5) is 0 Å². The second-order valence-corrected chi connectivity index (χ2v) is 5.90. The lowest BCUT2D eigenvalue weighted by Gasteiger charge is -2.30. The topological polar surface area (TPSA) is 36.4 Å². The van der Waals surface area contributed by atoms with E-state index in [2.05, 4.69) is 41.1 Å². The van der Waals surface area contributed by atoms with E-state index in [-0.39, 0.29) is 6.04 Å². The molecule has 100 valence electrons. The lowest BCUT2D eigenvalue weighted by atomic mass is 9.92. The minimum Gasteiger partial charge on any atom is -0.382 e. The summed E-state index contributed by atoms with van der Waals surface area (Å²) in [5.74, 6) is 0. The van der Waals surface area contributed by atoms with Gasteiger partial charge in [-0.1, -0.05) is 30.3 Å². The maximum absolute atomic E-state index is 10.9. The zero-order valence-corrected chi connectivity index (χ0v) is 11.8. The fourth-order valence-electron chi connectivity index (χ4n) is 2.82. The van der Waals surface area contributed by atoms with Crippen molar-refractivity contribution in [1.82, 2.24) is 9.88 Å². The normalized spacial score (nSPS) is 27.8. The maximum atomic E-state index is 10.9. The first kappa shape index (κ1) is 12.8. The van der Waals surface area contributed by atoms with Gasteiger partial charge in [0, 0.05) is 24.5 Å². The van der Waals surface area contributed by atoms with Gasteiger partial charge in [0.2, 0.25) is 0 Å². The Labute approximate surface area is 117 Å². The van der Waals surface area contributed by atoms with Crippen LogP contribution in [0.15, 0.2) is 41.2 Å². The molecule has 3 rings (SSSR count). The summed E-state index contributed by atoms with van der Waals surface area (Å²) in [6, 6.07) is 10.5. The van der Waals surface area contributed by atoms with Crippen molar-refractivity contribution >= 4 is 11.3 Å². The van der Waals surface area contributed by atoms with E-state index in [1.165, 1.54) is 5.56 Å². The monoisotopic (exact) mass is 274 g/mol. The Hall–Kier alpha value is -1.23. The van der Waals surface area contributed by atoms with Crippen LogP contribution in [0.3, 0.4) is 0 Å². The molecule has 0 radical (unpaired) electrons. The number of hydrogen-bond donors (Lipinski definition) is 1. The molecule has 19 heavy (non-hydrogen) atoms. The van der Waals surface area contributed by atoms with Gasteiger partial charge in [0.1, 0.15) is 5.60 Å². The molecule has 3 nitrogen and oxygen atoms in total. The summed E-state index contributed by atoms with van der Waals surface area (Å²) >= 11 is 1.54. The molecule has 1 aromatic carbocycles. The number of likely N-dealkylation sites (tertiary alicyclic amines) is 1. The first-order valence-electron chi connectivity index (χ1n) is 6.59. The smallest absolute Gasteiger partial charge is 0.124 e. The van der Waals surface area contributed by atoms with Crippen LogP contribution in [0.5, 0.6) is 0 Å². The molecular weight excluding hydrogens is 256 g/mol. The highest BCUT2D eigenvalue weighted by Crippen LogP contribution is 2.37. The van der Waals surface area contributed by atoms with Crippen molar-refractivity contribution in [3.63, 3.8) is 0 Å². The standard InChI is InChI=1S/C15H18N2OS/c1-12-15(18,14-10-19-11-16-14)7-8-17(12)9-13-5-3-2-4-6-13/h2-6,10-12,18H,7-9H2,1H3. The highest BCUT2D eigenvalue weighted by molar-refractivity contribution is 7.07. The zero-order chi connectivity index (χ0) is 13.3. The van der Waals surface area contributed by atoms with E-state index < -0.39 is 5.60 Å². The average Bonchev–Trinajstić information content (AvgIpc) is 3.05. The summed E-state index contributed by atoms with van der Waals surface area (Å²) in [6.45, 7) is 3.88. The Kier molecular flexibility index (Phi) is 3.39. The van der Waals surface area contributed by atoms with Crippen molar-refractivity contribution in [2.45, 2.75) is 31.5 Å². The number of nitrogens with zero attached hydrogens (tertiary/aromatic N) is 2. The van der Waals surface area contributed by atoms with Gasteiger partial charge in [-0.25, -0.2) is 4.98 Å². The van der Waals surface area contributed by atoms with Gasteiger partial charge in [0.15, 0.2) is 0 Å². The van der Waals surface area contributed by atoms with Gasteiger partial charge in [-0.15, -0.1) is 11.3 Å². The quantitative estimate of drug-likeness (QED) is 0.934. The SMILES string of the molecule is CC1N(Cc2ccccc2)CCC1(O)c1cscn1. The molecule has 1 aliphatic rings. The van der Waals surface area contributed by atoms with Crippen LogP contribution in [0.2, 0.25) is 0 Å².